The molecule has 0 fully saturated rings. The van der Waals surface area contributed by atoms with Gasteiger partial charge in [-0.3, -0.25) is 4.79 Å². The normalized spacial score (nSPS) is 12.2. The third-order valence-electron chi connectivity index (χ3n) is 3.59. The van der Waals surface area contributed by atoms with Crippen molar-refractivity contribution in [3.8, 4) is 5.75 Å². The molecule has 0 radical (unpaired) electrons. The number of likely N-dealkylation sites (N-methyl/N-ethyl adjacent to an activating group) is 1. The molecule has 19 heavy (non-hydrogen) atoms. The molecular weight excluding hydrogens is 240 g/mol. The fourth-order valence-electron chi connectivity index (χ4n) is 2.22. The second-order valence-corrected chi connectivity index (χ2v) is 5.11. The van der Waals surface area contributed by atoms with E-state index in [1.165, 1.54) is 5.56 Å². The van der Waals surface area contributed by atoms with Crippen LogP contribution in [0.15, 0.2) is 6.07 Å². The summed E-state index contributed by atoms with van der Waals surface area (Å²) in [7, 11) is 3.46. The van der Waals surface area contributed by atoms with E-state index in [0.717, 1.165) is 22.4 Å². The number of nitrogens with zero attached hydrogens (tertiary/aromatic N) is 1. The van der Waals surface area contributed by atoms with Gasteiger partial charge in [0.25, 0.3) is 0 Å². The minimum Gasteiger partial charge on any atom is -0.496 e. The van der Waals surface area contributed by atoms with E-state index in [1.54, 1.807) is 26.0 Å². The minimum absolute atomic E-state index is 0.0488. The van der Waals surface area contributed by atoms with Gasteiger partial charge in [-0.25, -0.2) is 0 Å². The van der Waals surface area contributed by atoms with E-state index in [-0.39, 0.29) is 5.91 Å². The van der Waals surface area contributed by atoms with Gasteiger partial charge in [-0.2, -0.15) is 0 Å². The van der Waals surface area contributed by atoms with Crippen LogP contribution in [-0.2, 0) is 11.3 Å². The van der Waals surface area contributed by atoms with Gasteiger partial charge >= 0.3 is 0 Å². The molecule has 1 atom stereocenters. The monoisotopic (exact) mass is 264 g/mol. The average molecular weight is 264 g/mol. The highest BCUT2D eigenvalue weighted by Crippen LogP contribution is 2.28. The highest BCUT2D eigenvalue weighted by Gasteiger charge is 2.17. The first-order valence-electron chi connectivity index (χ1n) is 6.43. The molecule has 0 saturated heterocycles. The molecule has 106 valence electrons. The second-order valence-electron chi connectivity index (χ2n) is 5.11. The number of methoxy groups -OCH3 is 1. The molecule has 1 aromatic rings. The first-order valence-corrected chi connectivity index (χ1v) is 6.43. The van der Waals surface area contributed by atoms with Crippen molar-refractivity contribution in [3.05, 3.63) is 28.3 Å². The lowest BCUT2D eigenvalue weighted by molar-refractivity contribution is -0.131. The van der Waals surface area contributed by atoms with Gasteiger partial charge in [0.1, 0.15) is 5.75 Å². The van der Waals surface area contributed by atoms with Crippen molar-refractivity contribution in [2.75, 3.05) is 14.2 Å². The molecule has 0 heterocycles. The summed E-state index contributed by atoms with van der Waals surface area (Å²) >= 11 is 0. The number of hydrogen-bond acceptors (Lipinski definition) is 3. The van der Waals surface area contributed by atoms with Crippen LogP contribution in [0.2, 0.25) is 0 Å². The molecular formula is C15H24N2O2. The molecule has 4 nitrogen and oxygen atoms in total. The van der Waals surface area contributed by atoms with Crippen LogP contribution >= 0.6 is 0 Å². The molecule has 1 unspecified atom stereocenters. The number of carbonyl (C=O) groups excluding carboxylic acids is 1. The third kappa shape index (κ3) is 3.26. The summed E-state index contributed by atoms with van der Waals surface area (Å²) in [6, 6.07) is 1.55. The maximum atomic E-state index is 11.9. The third-order valence-corrected chi connectivity index (χ3v) is 3.59. The quantitative estimate of drug-likeness (QED) is 0.904. The zero-order valence-electron chi connectivity index (χ0n) is 12.7. The maximum absolute atomic E-state index is 11.9. The van der Waals surface area contributed by atoms with Crippen molar-refractivity contribution in [1.82, 2.24) is 4.90 Å². The van der Waals surface area contributed by atoms with Gasteiger partial charge < -0.3 is 15.4 Å². The van der Waals surface area contributed by atoms with Gasteiger partial charge in [-0.15, -0.1) is 0 Å². The Bertz CT molecular complexity index is 482. The summed E-state index contributed by atoms with van der Waals surface area (Å²) in [4.78, 5) is 13.5. The first kappa shape index (κ1) is 15.5. The van der Waals surface area contributed by atoms with E-state index in [1.807, 2.05) is 19.9 Å². The lowest BCUT2D eigenvalue weighted by Gasteiger charge is -2.23. The molecule has 1 amide bonds. The Balaban J connectivity index is 3.09. The van der Waals surface area contributed by atoms with Crippen molar-refractivity contribution in [2.45, 2.75) is 40.3 Å². The number of nitrogens with two attached hydrogens (primary N) is 1. The molecule has 0 aliphatic rings. The fourth-order valence-corrected chi connectivity index (χ4v) is 2.22. The van der Waals surface area contributed by atoms with Crippen molar-refractivity contribution in [1.29, 1.82) is 0 Å². The summed E-state index contributed by atoms with van der Waals surface area (Å²) in [6.07, 6.45) is 0. The Kier molecular flexibility index (Phi) is 4.95. The molecule has 1 rings (SSSR count). The average Bonchev–Trinajstić information content (AvgIpc) is 2.37. The van der Waals surface area contributed by atoms with Crippen LogP contribution in [0.1, 0.15) is 29.2 Å². The van der Waals surface area contributed by atoms with Crippen LogP contribution < -0.4 is 10.5 Å². The summed E-state index contributed by atoms with van der Waals surface area (Å²) in [6.45, 7) is 8.41. The van der Waals surface area contributed by atoms with E-state index in [9.17, 15) is 4.79 Å². The van der Waals surface area contributed by atoms with Crippen LogP contribution in [0.4, 0.5) is 0 Å². The predicted octanol–water partition coefficient (Wildman–Crippen LogP) is 1.93. The number of aryl methyl sites for hydroxylation is 1. The lowest BCUT2D eigenvalue weighted by Crippen LogP contribution is -2.39. The molecule has 0 aliphatic heterocycles. The molecule has 1 aromatic carbocycles. The fraction of sp³-hybridized carbons (Fsp3) is 0.533. The zero-order valence-corrected chi connectivity index (χ0v) is 12.7. The van der Waals surface area contributed by atoms with Gasteiger partial charge in [0.05, 0.1) is 13.2 Å². The van der Waals surface area contributed by atoms with Crippen LogP contribution in [0.3, 0.4) is 0 Å². The van der Waals surface area contributed by atoms with Crippen molar-refractivity contribution >= 4 is 5.91 Å². The van der Waals surface area contributed by atoms with Crippen LogP contribution in [0.5, 0.6) is 5.75 Å². The SMILES string of the molecule is COc1cc(C)c(CN(C)C(=O)C(C)N)c(C)c1C. The largest absolute Gasteiger partial charge is 0.496 e. The van der Waals surface area contributed by atoms with Crippen molar-refractivity contribution < 1.29 is 9.53 Å². The predicted molar refractivity (Wildman–Crippen MR) is 77.3 cm³/mol. The zero-order chi connectivity index (χ0) is 14.7. The van der Waals surface area contributed by atoms with E-state index in [4.69, 9.17) is 10.5 Å². The van der Waals surface area contributed by atoms with Gasteiger partial charge in [-0.05, 0) is 56.0 Å². The summed E-state index contributed by atoms with van der Waals surface area (Å²) in [5, 5.41) is 0. The Hall–Kier alpha value is -1.55. The molecule has 0 aliphatic carbocycles. The number of ether oxygens (including phenoxy) is 1. The Morgan fingerprint density at radius 1 is 1.37 bits per heavy atom. The molecule has 0 aromatic heterocycles. The number of amides is 1. The minimum atomic E-state index is -0.468. The van der Waals surface area contributed by atoms with Crippen LogP contribution in [-0.4, -0.2) is 31.0 Å². The number of benzene rings is 1. The highest BCUT2D eigenvalue weighted by molar-refractivity contribution is 5.81. The summed E-state index contributed by atoms with van der Waals surface area (Å²) in [5.74, 6) is 0.840. The Morgan fingerprint density at radius 2 is 1.95 bits per heavy atom. The number of rotatable bonds is 4. The smallest absolute Gasteiger partial charge is 0.239 e. The van der Waals surface area contributed by atoms with Crippen molar-refractivity contribution in [3.63, 3.8) is 0 Å². The first-order chi connectivity index (χ1) is 8.79. The lowest BCUT2D eigenvalue weighted by atomic mass is 9.97. The van der Waals surface area contributed by atoms with E-state index in [2.05, 4.69) is 6.92 Å². The van der Waals surface area contributed by atoms with Crippen LogP contribution in [0.25, 0.3) is 0 Å². The summed E-state index contributed by atoms with van der Waals surface area (Å²) in [5.41, 5.74) is 10.2. The standard InChI is InChI=1S/C15H24N2O2/c1-9-7-14(19-6)11(3)10(2)13(9)8-17(5)15(18)12(4)16/h7,12H,8,16H2,1-6H3. The molecule has 0 spiro atoms. The molecule has 0 bridgehead atoms. The molecule has 0 saturated carbocycles. The van der Waals surface area contributed by atoms with Gasteiger partial charge in [0, 0.05) is 13.6 Å². The molecule has 2 N–H and O–H groups in total. The summed E-state index contributed by atoms with van der Waals surface area (Å²) < 4.78 is 5.35. The Morgan fingerprint density at radius 3 is 2.42 bits per heavy atom. The van der Waals surface area contributed by atoms with E-state index < -0.39 is 6.04 Å². The number of hydrogen-bond donors (Lipinski definition) is 1. The second kappa shape index (κ2) is 6.06. The van der Waals surface area contributed by atoms with Crippen molar-refractivity contribution in [2.24, 2.45) is 5.73 Å². The topological polar surface area (TPSA) is 55.6 Å². The Labute approximate surface area is 115 Å². The van der Waals surface area contributed by atoms with Crippen LogP contribution in [0, 0.1) is 20.8 Å². The van der Waals surface area contributed by atoms with Gasteiger partial charge in [0.2, 0.25) is 5.91 Å². The van der Waals surface area contributed by atoms with Gasteiger partial charge in [0.15, 0.2) is 0 Å². The van der Waals surface area contributed by atoms with Gasteiger partial charge in [-0.1, -0.05) is 0 Å². The maximum Gasteiger partial charge on any atom is 0.239 e. The van der Waals surface area contributed by atoms with E-state index >= 15 is 0 Å². The number of carbonyl (C=O) groups is 1. The van der Waals surface area contributed by atoms with E-state index in [0.29, 0.717) is 6.54 Å². The highest BCUT2D eigenvalue weighted by atomic mass is 16.5. The molecule has 4 heteroatoms.